The number of amides is 1. The number of hydrogen-bond donors (Lipinski definition) is 1. The third-order valence-corrected chi connectivity index (χ3v) is 3.94. The molecule has 0 unspecified atom stereocenters. The van der Waals surface area contributed by atoms with Crippen molar-refractivity contribution in [1.82, 2.24) is 0 Å². The molecule has 1 saturated carbocycles. The molecule has 1 aliphatic heterocycles. The lowest BCUT2D eigenvalue weighted by Crippen LogP contribution is -2.45. The highest BCUT2D eigenvalue weighted by Crippen LogP contribution is 2.40. The summed E-state index contributed by atoms with van der Waals surface area (Å²) in [7, 11) is 0. The first-order valence-electron chi connectivity index (χ1n) is 7.14. The Morgan fingerprint density at radius 1 is 1.19 bits per heavy atom. The minimum absolute atomic E-state index is 0.0608. The van der Waals surface area contributed by atoms with E-state index in [1.165, 1.54) is 17.0 Å². The summed E-state index contributed by atoms with van der Waals surface area (Å²) in [6.07, 6.45) is 1.99. The topological polar surface area (TPSA) is 60.9 Å². The SMILES string of the molecule is O=C(O)CCC(=O)N1CCN(C2CC2)c2ccc(F)cc21. The van der Waals surface area contributed by atoms with Crippen molar-refractivity contribution < 1.29 is 19.1 Å². The third-order valence-electron chi connectivity index (χ3n) is 3.94. The molecule has 21 heavy (non-hydrogen) atoms. The van der Waals surface area contributed by atoms with Gasteiger partial charge in [0.15, 0.2) is 0 Å². The molecule has 0 spiro atoms. The van der Waals surface area contributed by atoms with E-state index in [0.29, 0.717) is 24.8 Å². The first-order chi connectivity index (χ1) is 10.1. The second-order valence-electron chi connectivity index (χ2n) is 5.50. The number of hydrogen-bond acceptors (Lipinski definition) is 3. The van der Waals surface area contributed by atoms with E-state index in [9.17, 15) is 14.0 Å². The predicted octanol–water partition coefficient (Wildman–Crippen LogP) is 2.01. The number of carboxylic acids is 1. The molecule has 0 atom stereocenters. The van der Waals surface area contributed by atoms with Gasteiger partial charge in [-0.05, 0) is 31.0 Å². The second kappa shape index (κ2) is 5.35. The lowest BCUT2D eigenvalue weighted by atomic mass is 10.1. The van der Waals surface area contributed by atoms with Crippen LogP contribution in [0.25, 0.3) is 0 Å². The highest BCUT2D eigenvalue weighted by molar-refractivity contribution is 5.99. The van der Waals surface area contributed by atoms with E-state index in [1.54, 1.807) is 6.07 Å². The van der Waals surface area contributed by atoms with E-state index in [-0.39, 0.29) is 24.6 Å². The van der Waals surface area contributed by atoms with E-state index in [4.69, 9.17) is 5.11 Å². The van der Waals surface area contributed by atoms with Gasteiger partial charge in [0, 0.05) is 25.6 Å². The Kier molecular flexibility index (Phi) is 3.53. The van der Waals surface area contributed by atoms with Gasteiger partial charge in [-0.2, -0.15) is 0 Å². The molecule has 1 N–H and O–H groups in total. The maximum Gasteiger partial charge on any atom is 0.303 e. The van der Waals surface area contributed by atoms with Crippen LogP contribution in [-0.2, 0) is 9.59 Å². The number of fused-ring (bicyclic) bond motifs is 1. The molecule has 0 saturated heterocycles. The van der Waals surface area contributed by atoms with Gasteiger partial charge in [-0.25, -0.2) is 4.39 Å². The number of carbonyl (C=O) groups is 2. The molecule has 1 heterocycles. The lowest BCUT2D eigenvalue weighted by Gasteiger charge is -2.38. The second-order valence-corrected chi connectivity index (χ2v) is 5.50. The van der Waals surface area contributed by atoms with E-state index < -0.39 is 5.97 Å². The van der Waals surface area contributed by atoms with Gasteiger partial charge < -0.3 is 14.9 Å². The van der Waals surface area contributed by atoms with Gasteiger partial charge >= 0.3 is 5.97 Å². The van der Waals surface area contributed by atoms with Crippen LogP contribution in [-0.4, -0.2) is 36.1 Å². The van der Waals surface area contributed by atoms with Crippen molar-refractivity contribution in [2.75, 3.05) is 22.9 Å². The van der Waals surface area contributed by atoms with E-state index in [1.807, 2.05) is 0 Å². The third kappa shape index (κ3) is 2.84. The molecule has 6 heteroatoms. The van der Waals surface area contributed by atoms with Crippen LogP contribution in [0.2, 0.25) is 0 Å². The van der Waals surface area contributed by atoms with Crippen molar-refractivity contribution in [2.24, 2.45) is 0 Å². The van der Waals surface area contributed by atoms with Crippen molar-refractivity contribution in [3.63, 3.8) is 0 Å². The molecular formula is C15H17FN2O3. The number of nitrogens with zero attached hydrogens (tertiary/aromatic N) is 2. The molecule has 5 nitrogen and oxygen atoms in total. The normalized spacial score (nSPS) is 17.6. The van der Waals surface area contributed by atoms with Crippen molar-refractivity contribution >= 4 is 23.3 Å². The lowest BCUT2D eigenvalue weighted by molar-refractivity contribution is -0.138. The Hall–Kier alpha value is -2.11. The van der Waals surface area contributed by atoms with Crippen LogP contribution in [0.3, 0.4) is 0 Å². The summed E-state index contributed by atoms with van der Waals surface area (Å²) in [5.41, 5.74) is 1.43. The molecule has 0 aromatic heterocycles. The Morgan fingerprint density at radius 3 is 2.62 bits per heavy atom. The fraction of sp³-hybridized carbons (Fsp3) is 0.467. The zero-order valence-electron chi connectivity index (χ0n) is 11.6. The average Bonchev–Trinajstić information content (AvgIpc) is 3.27. The molecule has 1 amide bonds. The standard InChI is InChI=1S/C15H17FN2O3/c16-10-1-4-12-13(9-10)18(14(19)5-6-15(20)21)8-7-17(12)11-2-3-11/h1,4,9,11H,2-3,5-8H2,(H,20,21). The van der Waals surface area contributed by atoms with E-state index in [0.717, 1.165) is 18.5 Å². The molecule has 2 aliphatic rings. The molecule has 112 valence electrons. The number of rotatable bonds is 4. The highest BCUT2D eigenvalue weighted by Gasteiger charge is 2.35. The minimum atomic E-state index is -1.00. The summed E-state index contributed by atoms with van der Waals surface area (Å²) in [4.78, 5) is 26.5. The smallest absolute Gasteiger partial charge is 0.303 e. The van der Waals surface area contributed by atoms with Crippen molar-refractivity contribution in [2.45, 2.75) is 31.7 Å². The van der Waals surface area contributed by atoms with Gasteiger partial charge in [0.05, 0.1) is 17.8 Å². The monoisotopic (exact) mass is 292 g/mol. The number of halogens is 1. The zero-order chi connectivity index (χ0) is 15.0. The van der Waals surface area contributed by atoms with Crippen LogP contribution in [0.5, 0.6) is 0 Å². The largest absolute Gasteiger partial charge is 0.481 e. The summed E-state index contributed by atoms with van der Waals surface area (Å²) in [6, 6.07) is 4.96. The van der Waals surface area contributed by atoms with Gasteiger partial charge in [-0.3, -0.25) is 9.59 Å². The fourth-order valence-corrected chi connectivity index (χ4v) is 2.78. The Morgan fingerprint density at radius 2 is 1.95 bits per heavy atom. The van der Waals surface area contributed by atoms with Gasteiger partial charge in [0.25, 0.3) is 0 Å². The van der Waals surface area contributed by atoms with E-state index in [2.05, 4.69) is 4.90 Å². The van der Waals surface area contributed by atoms with Crippen LogP contribution in [0.4, 0.5) is 15.8 Å². The van der Waals surface area contributed by atoms with E-state index >= 15 is 0 Å². The first kappa shape index (κ1) is 13.9. The average molecular weight is 292 g/mol. The van der Waals surface area contributed by atoms with Gasteiger partial charge in [0.2, 0.25) is 5.91 Å². The quantitative estimate of drug-likeness (QED) is 0.922. The maximum atomic E-state index is 13.5. The number of carbonyl (C=O) groups excluding carboxylic acids is 1. The van der Waals surface area contributed by atoms with Gasteiger partial charge in [0.1, 0.15) is 5.82 Å². The van der Waals surface area contributed by atoms with Crippen molar-refractivity contribution in [3.8, 4) is 0 Å². The zero-order valence-corrected chi connectivity index (χ0v) is 11.6. The fourth-order valence-electron chi connectivity index (χ4n) is 2.78. The Bertz CT molecular complexity index is 586. The van der Waals surface area contributed by atoms with Gasteiger partial charge in [-0.15, -0.1) is 0 Å². The summed E-state index contributed by atoms with van der Waals surface area (Å²) in [5.74, 6) is -1.65. The molecule has 3 rings (SSSR count). The van der Waals surface area contributed by atoms with Crippen LogP contribution in [0, 0.1) is 5.82 Å². The summed E-state index contributed by atoms with van der Waals surface area (Å²) in [5, 5.41) is 8.68. The summed E-state index contributed by atoms with van der Waals surface area (Å²) < 4.78 is 13.5. The maximum absolute atomic E-state index is 13.5. The Balaban J connectivity index is 1.86. The predicted molar refractivity (Wildman–Crippen MR) is 76.0 cm³/mol. The number of aliphatic carboxylic acids is 1. The van der Waals surface area contributed by atoms with Crippen LogP contribution < -0.4 is 9.80 Å². The van der Waals surface area contributed by atoms with Crippen LogP contribution in [0.15, 0.2) is 18.2 Å². The van der Waals surface area contributed by atoms with Crippen molar-refractivity contribution in [3.05, 3.63) is 24.0 Å². The molecule has 1 aliphatic carbocycles. The molecular weight excluding hydrogens is 275 g/mol. The minimum Gasteiger partial charge on any atom is -0.481 e. The summed E-state index contributed by atoms with van der Waals surface area (Å²) >= 11 is 0. The van der Waals surface area contributed by atoms with Crippen molar-refractivity contribution in [1.29, 1.82) is 0 Å². The van der Waals surface area contributed by atoms with Gasteiger partial charge in [-0.1, -0.05) is 0 Å². The molecule has 0 bridgehead atoms. The molecule has 1 aromatic carbocycles. The number of carboxylic acid groups (broad SMARTS) is 1. The first-order valence-corrected chi connectivity index (χ1v) is 7.14. The molecule has 0 radical (unpaired) electrons. The van der Waals surface area contributed by atoms with Crippen LogP contribution >= 0.6 is 0 Å². The van der Waals surface area contributed by atoms with Crippen LogP contribution in [0.1, 0.15) is 25.7 Å². The highest BCUT2D eigenvalue weighted by atomic mass is 19.1. The summed E-state index contributed by atoms with van der Waals surface area (Å²) in [6.45, 7) is 1.19. The number of benzene rings is 1. The molecule has 1 fully saturated rings. The molecule has 1 aromatic rings. The number of anilines is 2. The Labute approximate surface area is 122 Å².